The highest BCUT2D eigenvalue weighted by Gasteiger charge is 2.36. The summed E-state index contributed by atoms with van der Waals surface area (Å²) in [5, 5.41) is 2.70. The average molecular weight is 446 g/mol. The first kappa shape index (κ1) is 22.0. The zero-order valence-electron chi connectivity index (χ0n) is 18.2. The molecule has 1 aliphatic rings. The van der Waals surface area contributed by atoms with Gasteiger partial charge in [0.1, 0.15) is 5.76 Å². The van der Waals surface area contributed by atoms with Crippen molar-refractivity contribution < 1.29 is 28.3 Å². The number of amides is 3. The third kappa shape index (κ3) is 4.55. The molecule has 168 valence electrons. The Bertz CT molecular complexity index is 1210. The number of hydrogen-bond acceptors (Lipinski definition) is 6. The highest BCUT2D eigenvalue weighted by Crippen LogP contribution is 2.26. The summed E-state index contributed by atoms with van der Waals surface area (Å²) in [7, 11) is 0. The molecular formula is C25H22N2O6. The fraction of sp³-hybridized carbons (Fsp3) is 0.200. The Morgan fingerprint density at radius 2 is 1.76 bits per heavy atom. The lowest BCUT2D eigenvalue weighted by Crippen LogP contribution is -2.30. The molecular weight excluding hydrogens is 424 g/mol. The molecule has 1 N–H and O–H groups in total. The lowest BCUT2D eigenvalue weighted by molar-refractivity contribution is -0.123. The first-order valence-corrected chi connectivity index (χ1v) is 10.5. The second-order valence-electron chi connectivity index (χ2n) is 7.62. The molecule has 1 unspecified atom stereocenters. The van der Waals surface area contributed by atoms with Gasteiger partial charge in [-0.15, -0.1) is 0 Å². The fourth-order valence-corrected chi connectivity index (χ4v) is 3.47. The second-order valence-corrected chi connectivity index (χ2v) is 7.62. The molecule has 3 aromatic rings. The molecule has 0 fully saturated rings. The van der Waals surface area contributed by atoms with Gasteiger partial charge >= 0.3 is 5.97 Å². The Morgan fingerprint density at radius 1 is 1.03 bits per heavy atom. The van der Waals surface area contributed by atoms with Crippen LogP contribution in [0.1, 0.15) is 56.2 Å². The number of esters is 1. The SMILES string of the molecule is CCc1ccc(NC(=O)C(C)OC(=O)c2ccc3c(c2)C(=O)N(Cc2ccco2)C3=O)cc1. The van der Waals surface area contributed by atoms with E-state index in [4.69, 9.17) is 9.15 Å². The summed E-state index contributed by atoms with van der Waals surface area (Å²) in [5.41, 5.74) is 2.11. The second kappa shape index (κ2) is 9.12. The number of carbonyl (C=O) groups is 4. The number of furan rings is 1. The van der Waals surface area contributed by atoms with Crippen LogP contribution in [0.2, 0.25) is 0 Å². The van der Waals surface area contributed by atoms with E-state index in [0.29, 0.717) is 11.4 Å². The van der Waals surface area contributed by atoms with Crippen LogP contribution in [-0.2, 0) is 22.5 Å². The van der Waals surface area contributed by atoms with E-state index in [1.54, 1.807) is 24.3 Å². The lowest BCUT2D eigenvalue weighted by atomic mass is 10.1. The minimum absolute atomic E-state index is 0.00440. The standard InChI is InChI=1S/C25H22N2O6/c1-3-16-6-9-18(10-7-16)26-22(28)15(2)33-25(31)17-8-11-20-21(13-17)24(30)27(23(20)29)14-19-5-4-12-32-19/h4-13,15H,3,14H2,1-2H3,(H,26,28). The van der Waals surface area contributed by atoms with E-state index in [-0.39, 0.29) is 23.2 Å². The third-order valence-electron chi connectivity index (χ3n) is 5.38. The molecule has 3 amide bonds. The summed E-state index contributed by atoms with van der Waals surface area (Å²) in [6.45, 7) is 3.49. The number of aryl methyl sites for hydroxylation is 1. The van der Waals surface area contributed by atoms with Gasteiger partial charge in [-0.3, -0.25) is 19.3 Å². The van der Waals surface area contributed by atoms with Gasteiger partial charge in [0.05, 0.1) is 29.5 Å². The predicted molar refractivity (Wildman–Crippen MR) is 119 cm³/mol. The number of hydrogen-bond donors (Lipinski definition) is 1. The molecule has 1 aromatic heterocycles. The summed E-state index contributed by atoms with van der Waals surface area (Å²) in [4.78, 5) is 51.4. The quantitative estimate of drug-likeness (QED) is 0.437. The first-order chi connectivity index (χ1) is 15.9. The number of rotatable bonds is 7. The van der Waals surface area contributed by atoms with Gasteiger partial charge in [-0.25, -0.2) is 4.79 Å². The van der Waals surface area contributed by atoms with Crippen molar-refractivity contribution in [1.82, 2.24) is 4.90 Å². The Kier molecular flexibility index (Phi) is 6.08. The van der Waals surface area contributed by atoms with Crippen LogP contribution in [0.15, 0.2) is 65.3 Å². The van der Waals surface area contributed by atoms with Crippen LogP contribution in [0.3, 0.4) is 0 Å². The van der Waals surface area contributed by atoms with Crippen LogP contribution in [0.25, 0.3) is 0 Å². The number of anilines is 1. The van der Waals surface area contributed by atoms with E-state index < -0.39 is 29.8 Å². The Labute approximate surface area is 190 Å². The number of benzene rings is 2. The van der Waals surface area contributed by atoms with Gasteiger partial charge in [0.25, 0.3) is 17.7 Å². The molecule has 1 atom stereocenters. The maximum atomic E-state index is 12.7. The minimum atomic E-state index is -1.07. The summed E-state index contributed by atoms with van der Waals surface area (Å²) in [6.07, 6.45) is 1.28. The van der Waals surface area contributed by atoms with Gasteiger partial charge in [0.2, 0.25) is 0 Å². The zero-order chi connectivity index (χ0) is 23.5. The molecule has 0 radical (unpaired) electrons. The monoisotopic (exact) mass is 446 g/mol. The van der Waals surface area contributed by atoms with Gasteiger partial charge in [-0.05, 0) is 61.4 Å². The van der Waals surface area contributed by atoms with Crippen molar-refractivity contribution >= 4 is 29.4 Å². The third-order valence-corrected chi connectivity index (χ3v) is 5.38. The number of ether oxygens (including phenoxy) is 1. The van der Waals surface area contributed by atoms with Crippen LogP contribution in [-0.4, -0.2) is 34.7 Å². The zero-order valence-corrected chi connectivity index (χ0v) is 18.2. The maximum absolute atomic E-state index is 12.7. The molecule has 2 aromatic carbocycles. The van der Waals surface area contributed by atoms with Gasteiger partial charge in [-0.2, -0.15) is 0 Å². The van der Waals surface area contributed by atoms with Crippen LogP contribution < -0.4 is 5.32 Å². The van der Waals surface area contributed by atoms with Crippen LogP contribution in [0.4, 0.5) is 5.69 Å². The summed E-state index contributed by atoms with van der Waals surface area (Å²) >= 11 is 0. The topological polar surface area (TPSA) is 106 Å². The van der Waals surface area contributed by atoms with Crippen LogP contribution >= 0.6 is 0 Å². The number of nitrogens with zero attached hydrogens (tertiary/aromatic N) is 1. The number of carbonyl (C=O) groups excluding carboxylic acids is 4. The van der Waals surface area contributed by atoms with E-state index in [1.807, 2.05) is 19.1 Å². The highest BCUT2D eigenvalue weighted by molar-refractivity contribution is 6.21. The van der Waals surface area contributed by atoms with Crippen molar-refractivity contribution in [3.63, 3.8) is 0 Å². The maximum Gasteiger partial charge on any atom is 0.338 e. The van der Waals surface area contributed by atoms with Crippen molar-refractivity contribution in [2.45, 2.75) is 32.9 Å². The predicted octanol–water partition coefficient (Wildman–Crippen LogP) is 3.82. The lowest BCUT2D eigenvalue weighted by Gasteiger charge is -2.14. The normalized spacial score (nSPS) is 13.6. The largest absolute Gasteiger partial charge is 0.467 e. The molecule has 0 spiro atoms. The van der Waals surface area contributed by atoms with Crippen LogP contribution in [0.5, 0.6) is 0 Å². The molecule has 0 saturated carbocycles. The van der Waals surface area contributed by atoms with E-state index >= 15 is 0 Å². The Hall–Kier alpha value is -4.20. The Balaban J connectivity index is 1.42. The van der Waals surface area contributed by atoms with E-state index in [2.05, 4.69) is 5.32 Å². The summed E-state index contributed by atoms with van der Waals surface area (Å²) < 4.78 is 10.5. The van der Waals surface area contributed by atoms with Crippen molar-refractivity contribution in [1.29, 1.82) is 0 Å². The smallest absolute Gasteiger partial charge is 0.338 e. The molecule has 8 heteroatoms. The average Bonchev–Trinajstić information content (AvgIpc) is 3.42. The van der Waals surface area contributed by atoms with E-state index in [9.17, 15) is 19.2 Å². The van der Waals surface area contributed by atoms with Gasteiger partial charge in [0.15, 0.2) is 6.10 Å². The molecule has 0 aliphatic carbocycles. The molecule has 0 bridgehead atoms. The van der Waals surface area contributed by atoms with Crippen molar-refractivity contribution in [3.8, 4) is 0 Å². The van der Waals surface area contributed by atoms with Gasteiger partial charge in [-0.1, -0.05) is 19.1 Å². The van der Waals surface area contributed by atoms with Crippen LogP contribution in [0, 0.1) is 0 Å². The molecule has 2 heterocycles. The molecule has 1 aliphatic heterocycles. The van der Waals surface area contributed by atoms with Crippen molar-refractivity contribution in [2.75, 3.05) is 5.32 Å². The molecule has 8 nitrogen and oxygen atoms in total. The Morgan fingerprint density at radius 3 is 2.42 bits per heavy atom. The van der Waals surface area contributed by atoms with Crippen molar-refractivity contribution in [2.24, 2.45) is 0 Å². The number of fused-ring (bicyclic) bond motifs is 1. The summed E-state index contributed by atoms with van der Waals surface area (Å²) in [5.74, 6) is -1.78. The first-order valence-electron chi connectivity index (χ1n) is 10.5. The summed E-state index contributed by atoms with van der Waals surface area (Å²) in [6, 6.07) is 14.8. The fourth-order valence-electron chi connectivity index (χ4n) is 3.47. The number of nitrogens with one attached hydrogen (secondary N) is 1. The van der Waals surface area contributed by atoms with Gasteiger partial charge < -0.3 is 14.5 Å². The molecule has 4 rings (SSSR count). The minimum Gasteiger partial charge on any atom is -0.467 e. The van der Waals surface area contributed by atoms with Crippen molar-refractivity contribution in [3.05, 3.63) is 88.9 Å². The number of imide groups is 1. The van der Waals surface area contributed by atoms with E-state index in [1.165, 1.54) is 31.4 Å². The highest BCUT2D eigenvalue weighted by atomic mass is 16.5. The molecule has 33 heavy (non-hydrogen) atoms. The van der Waals surface area contributed by atoms with E-state index in [0.717, 1.165) is 16.9 Å². The van der Waals surface area contributed by atoms with Gasteiger partial charge in [0, 0.05) is 5.69 Å². The molecule has 0 saturated heterocycles.